The van der Waals surface area contributed by atoms with Crippen molar-refractivity contribution in [2.45, 2.75) is 57.3 Å². The van der Waals surface area contributed by atoms with Crippen LogP contribution in [0.3, 0.4) is 0 Å². The molecule has 5 atom stereocenters. The first-order valence-electron chi connectivity index (χ1n) is 14.2. The number of pyridine rings is 1. The van der Waals surface area contributed by atoms with Crippen LogP contribution in [0.4, 0.5) is 14.9 Å². The Morgan fingerprint density at radius 1 is 1.14 bits per heavy atom. The minimum absolute atomic E-state index is 0.00657. The van der Waals surface area contributed by atoms with Gasteiger partial charge in [-0.2, -0.15) is 0 Å². The topological polar surface area (TPSA) is 179 Å². The number of fused-ring (bicyclic) bond motifs is 2. The van der Waals surface area contributed by atoms with Gasteiger partial charge in [-0.25, -0.2) is 18.8 Å². The fraction of sp³-hybridized carbons (Fsp3) is 0.483. The maximum absolute atomic E-state index is 15.3. The summed E-state index contributed by atoms with van der Waals surface area (Å²) in [5, 5.41) is 31.9. The predicted molar refractivity (Wildman–Crippen MR) is 148 cm³/mol. The molecule has 2 saturated heterocycles. The van der Waals surface area contributed by atoms with Crippen molar-refractivity contribution >= 4 is 40.5 Å². The van der Waals surface area contributed by atoms with E-state index >= 15 is 4.39 Å². The summed E-state index contributed by atoms with van der Waals surface area (Å²) in [7, 11) is 0. The van der Waals surface area contributed by atoms with E-state index in [0.29, 0.717) is 18.5 Å². The van der Waals surface area contributed by atoms with E-state index in [4.69, 9.17) is 4.74 Å². The molecule has 6 rings (SSSR count). The normalized spacial score (nSPS) is 25.5. The smallest absolute Gasteiger partial charge is 0.407 e. The molecule has 1 aliphatic carbocycles. The van der Waals surface area contributed by atoms with Gasteiger partial charge in [0, 0.05) is 42.2 Å². The number of halogens is 1. The minimum atomic E-state index is -1.37. The van der Waals surface area contributed by atoms with Crippen molar-refractivity contribution in [1.82, 2.24) is 14.8 Å². The maximum atomic E-state index is 15.3. The van der Waals surface area contributed by atoms with Gasteiger partial charge in [-0.05, 0) is 38.3 Å². The van der Waals surface area contributed by atoms with Crippen molar-refractivity contribution in [3.63, 3.8) is 0 Å². The molecule has 0 radical (unpaired) electrons. The van der Waals surface area contributed by atoms with E-state index in [0.717, 1.165) is 23.8 Å². The van der Waals surface area contributed by atoms with Crippen molar-refractivity contribution in [3.8, 4) is 0 Å². The van der Waals surface area contributed by atoms with Crippen LogP contribution in [0.25, 0.3) is 10.9 Å². The Labute approximate surface area is 244 Å². The molecule has 4 aliphatic rings. The highest BCUT2D eigenvalue weighted by Crippen LogP contribution is 2.47. The number of ether oxygens (including phenoxy) is 1. The molecular formula is C29H31FN4O9. The van der Waals surface area contributed by atoms with E-state index in [2.05, 4.69) is 5.32 Å². The van der Waals surface area contributed by atoms with Gasteiger partial charge in [-0.1, -0.05) is 6.92 Å². The number of carbonyl (C=O) groups excluding carboxylic acids is 2. The lowest BCUT2D eigenvalue weighted by atomic mass is 9.78. The van der Waals surface area contributed by atoms with Crippen LogP contribution in [0, 0.1) is 17.7 Å². The number of aliphatic hydroxyl groups excluding tert-OH is 1. The minimum Gasteiger partial charge on any atom is -0.477 e. The number of amides is 2. The SMILES string of the molecule is C[C@H](O)[C@H]1C(=O)N2C(C(=O)O)=C(COC(=O)NC3CCN(c4cc5c(cc4F)c(=O)c(C(=O)O)cn5C4CC4)C3)[C@@H](C)[C@@H]12. The molecule has 1 aromatic heterocycles. The number of nitrogens with zero attached hydrogens (tertiary/aromatic N) is 3. The molecule has 3 fully saturated rings. The number of carboxylic acids is 2. The highest BCUT2D eigenvalue weighted by Gasteiger charge is 2.59. The molecule has 4 heterocycles. The highest BCUT2D eigenvalue weighted by molar-refractivity contribution is 6.00. The zero-order chi connectivity index (χ0) is 30.9. The Hall–Kier alpha value is -4.46. The van der Waals surface area contributed by atoms with E-state index < -0.39 is 70.8 Å². The third kappa shape index (κ3) is 4.69. The molecule has 0 bridgehead atoms. The van der Waals surface area contributed by atoms with Crippen molar-refractivity contribution in [2.75, 3.05) is 24.6 Å². The average molecular weight is 599 g/mol. The van der Waals surface area contributed by atoms with Crippen LogP contribution in [0.1, 0.15) is 49.5 Å². The van der Waals surface area contributed by atoms with Gasteiger partial charge in [0.2, 0.25) is 11.3 Å². The van der Waals surface area contributed by atoms with E-state index in [9.17, 15) is 39.3 Å². The van der Waals surface area contributed by atoms with Crippen LogP contribution >= 0.6 is 0 Å². The Bertz CT molecular complexity index is 1660. The quantitative estimate of drug-likeness (QED) is 0.327. The number of hydrogen-bond donors (Lipinski definition) is 4. The maximum Gasteiger partial charge on any atom is 0.407 e. The van der Waals surface area contributed by atoms with Gasteiger partial charge in [0.05, 0.1) is 35.3 Å². The number of aromatic carboxylic acids is 1. The van der Waals surface area contributed by atoms with E-state index in [1.165, 1.54) is 13.1 Å². The fourth-order valence-corrected chi connectivity index (χ4v) is 6.69. The van der Waals surface area contributed by atoms with Crippen molar-refractivity contribution in [1.29, 1.82) is 0 Å². The zero-order valence-electron chi connectivity index (χ0n) is 23.4. The summed E-state index contributed by atoms with van der Waals surface area (Å²) in [6, 6.07) is 1.71. The molecule has 2 amide bonds. The van der Waals surface area contributed by atoms with Crippen molar-refractivity contribution in [3.05, 3.63) is 51.2 Å². The molecule has 0 spiro atoms. The molecule has 1 unspecified atom stereocenters. The standard InChI is InChI=1S/C29H31FN4O9/c1-12-18(24(28(40)41)34-23(12)22(13(2)35)26(34)37)11-43-29(42)31-14-5-6-32(9-14)21-8-20-16(7-19(21)30)25(36)17(27(38)39)10-33(20)15-3-4-15/h7-8,10,12-15,22-23,35H,3-6,9,11H2,1-2H3,(H,31,42)(H,38,39)(H,40,41)/t12-,13+,14?,22-,23+/m1/s1. The van der Waals surface area contributed by atoms with Crippen LogP contribution in [0.15, 0.2) is 34.4 Å². The summed E-state index contributed by atoms with van der Waals surface area (Å²) in [6.07, 6.45) is 1.67. The summed E-state index contributed by atoms with van der Waals surface area (Å²) in [4.78, 5) is 64.4. The first-order valence-corrected chi connectivity index (χ1v) is 14.2. The van der Waals surface area contributed by atoms with Gasteiger partial charge in [-0.15, -0.1) is 0 Å². The molecular weight excluding hydrogens is 567 g/mol. The summed E-state index contributed by atoms with van der Waals surface area (Å²) >= 11 is 0. The van der Waals surface area contributed by atoms with Crippen LogP contribution in [-0.4, -0.2) is 86.6 Å². The fourth-order valence-electron chi connectivity index (χ4n) is 6.69. The molecule has 1 aromatic carbocycles. The van der Waals surface area contributed by atoms with Crippen LogP contribution in [0.5, 0.6) is 0 Å². The summed E-state index contributed by atoms with van der Waals surface area (Å²) < 4.78 is 22.4. The summed E-state index contributed by atoms with van der Waals surface area (Å²) in [5.41, 5.74) is -0.442. The molecule has 43 heavy (non-hydrogen) atoms. The number of aliphatic carboxylic acids is 1. The highest BCUT2D eigenvalue weighted by atomic mass is 19.1. The van der Waals surface area contributed by atoms with Gasteiger partial charge in [0.15, 0.2) is 0 Å². The van der Waals surface area contributed by atoms with E-state index in [1.54, 1.807) is 22.5 Å². The Kier molecular flexibility index (Phi) is 6.91. The monoisotopic (exact) mass is 598 g/mol. The van der Waals surface area contributed by atoms with Crippen molar-refractivity contribution in [2.24, 2.45) is 11.8 Å². The molecule has 4 N–H and O–H groups in total. The molecule has 13 nitrogen and oxygen atoms in total. The van der Waals surface area contributed by atoms with Gasteiger partial charge >= 0.3 is 18.0 Å². The Morgan fingerprint density at radius 3 is 2.49 bits per heavy atom. The number of benzene rings is 1. The van der Waals surface area contributed by atoms with Gasteiger partial charge < -0.3 is 39.7 Å². The third-order valence-corrected chi connectivity index (χ3v) is 9.00. The second-order valence-electron chi connectivity index (χ2n) is 11.7. The average Bonchev–Trinajstić information content (AvgIpc) is 3.62. The number of hydrogen-bond acceptors (Lipinski definition) is 8. The number of β-lactam (4-membered cyclic amide) rings is 1. The lowest BCUT2D eigenvalue weighted by Gasteiger charge is -2.46. The second-order valence-corrected chi connectivity index (χ2v) is 11.7. The molecule has 2 aromatic rings. The third-order valence-electron chi connectivity index (χ3n) is 9.00. The summed E-state index contributed by atoms with van der Waals surface area (Å²) in [5.74, 6) is -5.02. The van der Waals surface area contributed by atoms with Gasteiger partial charge in [-0.3, -0.25) is 9.59 Å². The Morgan fingerprint density at radius 2 is 1.86 bits per heavy atom. The van der Waals surface area contributed by atoms with Crippen LogP contribution < -0.4 is 15.6 Å². The zero-order valence-corrected chi connectivity index (χ0v) is 23.4. The number of rotatable bonds is 8. The lowest BCUT2D eigenvalue weighted by molar-refractivity contribution is -0.163. The number of aliphatic hydroxyl groups is 1. The molecule has 14 heteroatoms. The first kappa shape index (κ1) is 28.6. The van der Waals surface area contributed by atoms with Gasteiger partial charge in [0.25, 0.3) is 0 Å². The Balaban J connectivity index is 1.14. The lowest BCUT2D eigenvalue weighted by Crippen LogP contribution is -2.63. The second kappa shape index (κ2) is 10.4. The molecule has 1 saturated carbocycles. The largest absolute Gasteiger partial charge is 0.477 e. The number of alkyl carbamates (subject to hydrolysis) is 1. The first-order chi connectivity index (χ1) is 20.4. The molecule has 228 valence electrons. The number of aromatic nitrogens is 1. The van der Waals surface area contributed by atoms with Gasteiger partial charge in [0.1, 0.15) is 23.7 Å². The number of carbonyl (C=O) groups is 4. The van der Waals surface area contributed by atoms with Crippen LogP contribution in [-0.2, 0) is 14.3 Å². The number of anilines is 1. The molecule has 3 aliphatic heterocycles. The van der Waals surface area contributed by atoms with E-state index in [-0.39, 0.29) is 41.5 Å². The summed E-state index contributed by atoms with van der Waals surface area (Å²) in [6.45, 7) is 3.47. The predicted octanol–water partition coefficient (Wildman–Crippen LogP) is 1.67. The van der Waals surface area contributed by atoms with Crippen LogP contribution in [0.2, 0.25) is 0 Å². The van der Waals surface area contributed by atoms with Crippen molar-refractivity contribution < 1.29 is 43.6 Å². The number of nitrogens with one attached hydrogen (secondary N) is 1. The van der Waals surface area contributed by atoms with E-state index in [1.807, 2.05) is 0 Å². The number of carboxylic acid groups (broad SMARTS) is 2.